The largest absolute Gasteiger partial charge is 0.397 e. The first-order valence-corrected chi connectivity index (χ1v) is 5.59. The fourth-order valence-electron chi connectivity index (χ4n) is 0.670. The van der Waals surface area contributed by atoms with Crippen molar-refractivity contribution in [3.63, 3.8) is 0 Å². The summed E-state index contributed by atoms with van der Waals surface area (Å²) in [5.74, 6) is 0.635. The van der Waals surface area contributed by atoms with Crippen molar-refractivity contribution in [3.8, 4) is 0 Å². The molecular weight excluding hydrogens is 156 g/mol. The first-order valence-electron chi connectivity index (χ1n) is 3.98. The van der Waals surface area contributed by atoms with Gasteiger partial charge in [-0.3, -0.25) is 0 Å². The van der Waals surface area contributed by atoms with Gasteiger partial charge in [0.2, 0.25) is 0 Å². The van der Waals surface area contributed by atoms with Crippen molar-refractivity contribution < 1.29 is 8.85 Å². The van der Waals surface area contributed by atoms with E-state index in [2.05, 4.69) is 25.6 Å². The predicted molar refractivity (Wildman–Crippen MR) is 49.8 cm³/mol. The van der Waals surface area contributed by atoms with Gasteiger partial charge in [0.25, 0.3) is 0 Å². The van der Waals surface area contributed by atoms with Crippen LogP contribution in [0.4, 0.5) is 0 Å². The lowest BCUT2D eigenvalue weighted by Gasteiger charge is -2.06. The lowest BCUT2D eigenvalue weighted by Crippen LogP contribution is -2.16. The summed E-state index contributed by atoms with van der Waals surface area (Å²) in [6, 6.07) is 0. The Morgan fingerprint density at radius 2 is 1.91 bits per heavy atom. The van der Waals surface area contributed by atoms with E-state index in [0.717, 1.165) is 0 Å². The summed E-state index contributed by atoms with van der Waals surface area (Å²) in [6.45, 7) is 4.36. The molecule has 0 aliphatic rings. The molecule has 0 saturated carbocycles. The third-order valence-electron chi connectivity index (χ3n) is 1.71. The van der Waals surface area contributed by atoms with Gasteiger partial charge in [-0.05, 0) is 11.6 Å². The third kappa shape index (κ3) is 5.18. The van der Waals surface area contributed by atoms with Gasteiger partial charge in [0.1, 0.15) is 0 Å². The minimum absolute atomic E-state index is 0.635. The Bertz CT molecular complexity index is 111. The van der Waals surface area contributed by atoms with Crippen LogP contribution in [0.15, 0.2) is 11.8 Å². The van der Waals surface area contributed by atoms with Crippen LogP contribution < -0.4 is 0 Å². The fourth-order valence-corrected chi connectivity index (χ4v) is 1.74. The lowest BCUT2D eigenvalue weighted by atomic mass is 10.1. The van der Waals surface area contributed by atoms with E-state index in [4.69, 9.17) is 8.85 Å². The molecule has 11 heavy (non-hydrogen) atoms. The van der Waals surface area contributed by atoms with Gasteiger partial charge in [0.15, 0.2) is 0 Å². The molecule has 0 aromatic rings. The number of hydrogen-bond donors (Lipinski definition) is 0. The summed E-state index contributed by atoms with van der Waals surface area (Å²) in [7, 11) is 1.95. The molecule has 0 heterocycles. The average Bonchev–Trinajstić information content (AvgIpc) is 2.06. The second kappa shape index (κ2) is 6.58. The van der Waals surface area contributed by atoms with Gasteiger partial charge in [-0.1, -0.05) is 26.3 Å². The fraction of sp³-hybridized carbons (Fsp3) is 0.750. The van der Waals surface area contributed by atoms with Crippen LogP contribution in [0.1, 0.15) is 20.3 Å². The zero-order chi connectivity index (χ0) is 8.69. The first kappa shape index (κ1) is 10.9. The summed E-state index contributed by atoms with van der Waals surface area (Å²) in [5.41, 5.74) is 2.08. The van der Waals surface area contributed by atoms with E-state index in [1.165, 1.54) is 6.42 Å². The molecule has 0 radical (unpaired) electrons. The molecule has 0 N–H and O–H groups in total. The minimum Gasteiger partial charge on any atom is -0.397 e. The Balaban J connectivity index is 3.68. The van der Waals surface area contributed by atoms with E-state index in [1.54, 1.807) is 14.2 Å². The highest BCUT2D eigenvalue weighted by Crippen LogP contribution is 2.02. The highest BCUT2D eigenvalue weighted by molar-refractivity contribution is 6.50. The molecule has 1 atom stereocenters. The molecule has 0 fully saturated rings. The zero-order valence-electron chi connectivity index (χ0n) is 7.83. The van der Waals surface area contributed by atoms with E-state index >= 15 is 0 Å². The Hall–Kier alpha value is -0.123. The van der Waals surface area contributed by atoms with Crippen molar-refractivity contribution in [3.05, 3.63) is 11.8 Å². The topological polar surface area (TPSA) is 18.5 Å². The lowest BCUT2D eigenvalue weighted by molar-refractivity contribution is 0.290. The van der Waals surface area contributed by atoms with Gasteiger partial charge in [-0.2, -0.15) is 0 Å². The maximum Gasteiger partial charge on any atom is 0.347 e. The molecule has 0 saturated heterocycles. The van der Waals surface area contributed by atoms with E-state index < -0.39 is 9.28 Å². The maximum atomic E-state index is 5.12. The zero-order valence-corrected chi connectivity index (χ0v) is 8.99. The summed E-state index contributed by atoms with van der Waals surface area (Å²) in [6.07, 6.45) is 3.34. The smallest absolute Gasteiger partial charge is 0.347 e. The third-order valence-corrected chi connectivity index (χ3v) is 3.17. The van der Waals surface area contributed by atoms with Crippen molar-refractivity contribution in [2.24, 2.45) is 5.92 Å². The first-order chi connectivity index (χ1) is 5.24. The van der Waals surface area contributed by atoms with Gasteiger partial charge in [0, 0.05) is 14.2 Å². The molecule has 0 aliphatic carbocycles. The predicted octanol–water partition coefficient (Wildman–Crippen LogP) is 1.64. The van der Waals surface area contributed by atoms with Gasteiger partial charge in [-0.15, -0.1) is 0 Å². The highest BCUT2D eigenvalue weighted by atomic mass is 28.3. The van der Waals surface area contributed by atoms with Crippen molar-refractivity contribution in [2.45, 2.75) is 20.3 Å². The average molecular weight is 174 g/mol. The summed E-state index contributed by atoms with van der Waals surface area (Å²) in [4.78, 5) is 0. The standard InChI is InChI=1S/C8H18O2Si/c1-5-8(2)6-7-11(9-3)10-4/h6-8,11H,5H2,1-4H3. The Morgan fingerprint density at radius 1 is 1.36 bits per heavy atom. The van der Waals surface area contributed by atoms with Gasteiger partial charge >= 0.3 is 9.28 Å². The SMILES string of the molecule is CCC(C)C=C[SiH](OC)OC. The molecular formula is C8H18O2Si. The molecule has 1 unspecified atom stereocenters. The summed E-state index contributed by atoms with van der Waals surface area (Å²) >= 11 is 0. The second-order valence-corrected chi connectivity index (χ2v) is 4.67. The highest BCUT2D eigenvalue weighted by Gasteiger charge is 2.03. The van der Waals surface area contributed by atoms with Crippen LogP contribution in [0, 0.1) is 5.92 Å². The Labute approximate surface area is 71.1 Å². The molecule has 0 bridgehead atoms. The van der Waals surface area contributed by atoms with Crippen molar-refractivity contribution in [1.29, 1.82) is 0 Å². The summed E-state index contributed by atoms with van der Waals surface area (Å²) < 4.78 is 10.2. The quantitative estimate of drug-likeness (QED) is 0.590. The van der Waals surface area contributed by atoms with Crippen LogP contribution in [0.5, 0.6) is 0 Å². The molecule has 0 amide bonds. The van der Waals surface area contributed by atoms with Crippen LogP contribution in [-0.4, -0.2) is 23.5 Å². The van der Waals surface area contributed by atoms with Crippen LogP contribution in [-0.2, 0) is 8.85 Å². The van der Waals surface area contributed by atoms with Crippen molar-refractivity contribution >= 4 is 9.28 Å². The van der Waals surface area contributed by atoms with Gasteiger partial charge in [-0.25, -0.2) is 0 Å². The van der Waals surface area contributed by atoms with Crippen LogP contribution in [0.3, 0.4) is 0 Å². The maximum absolute atomic E-state index is 5.12. The van der Waals surface area contributed by atoms with E-state index in [-0.39, 0.29) is 0 Å². The monoisotopic (exact) mass is 174 g/mol. The minimum atomic E-state index is -1.44. The Kier molecular flexibility index (Phi) is 6.50. The van der Waals surface area contributed by atoms with E-state index in [0.29, 0.717) is 5.92 Å². The number of allylic oxidation sites excluding steroid dienone is 1. The number of rotatable bonds is 5. The molecule has 2 nitrogen and oxygen atoms in total. The van der Waals surface area contributed by atoms with E-state index in [9.17, 15) is 0 Å². The molecule has 0 aromatic heterocycles. The van der Waals surface area contributed by atoms with Gasteiger partial charge in [0.05, 0.1) is 0 Å². The second-order valence-electron chi connectivity index (χ2n) is 2.61. The van der Waals surface area contributed by atoms with Crippen LogP contribution in [0.25, 0.3) is 0 Å². The molecule has 0 aromatic carbocycles. The molecule has 66 valence electrons. The molecule has 3 heteroatoms. The van der Waals surface area contributed by atoms with Crippen molar-refractivity contribution in [1.82, 2.24) is 0 Å². The molecule has 0 aliphatic heterocycles. The van der Waals surface area contributed by atoms with Crippen LogP contribution in [0.2, 0.25) is 0 Å². The number of hydrogen-bond acceptors (Lipinski definition) is 2. The van der Waals surface area contributed by atoms with Crippen LogP contribution >= 0.6 is 0 Å². The Morgan fingerprint density at radius 3 is 2.27 bits per heavy atom. The van der Waals surface area contributed by atoms with Gasteiger partial charge < -0.3 is 8.85 Å². The van der Waals surface area contributed by atoms with E-state index in [1.807, 2.05) is 0 Å². The summed E-state index contributed by atoms with van der Waals surface area (Å²) in [5, 5.41) is 0. The normalized spacial score (nSPS) is 14.6. The molecule has 0 rings (SSSR count). The molecule has 0 spiro atoms. The van der Waals surface area contributed by atoms with Crippen molar-refractivity contribution in [2.75, 3.05) is 14.2 Å².